The van der Waals surface area contributed by atoms with Crippen LogP contribution < -0.4 is 5.32 Å². The molecule has 0 bridgehead atoms. The molecule has 1 aromatic rings. The van der Waals surface area contributed by atoms with Crippen molar-refractivity contribution in [3.05, 3.63) is 29.3 Å². The van der Waals surface area contributed by atoms with Gasteiger partial charge in [-0.05, 0) is 50.3 Å². The van der Waals surface area contributed by atoms with Gasteiger partial charge in [0.1, 0.15) is 0 Å². The van der Waals surface area contributed by atoms with Crippen LogP contribution in [-0.2, 0) is 0 Å². The summed E-state index contributed by atoms with van der Waals surface area (Å²) in [5.74, 6) is 0.966. The van der Waals surface area contributed by atoms with E-state index in [2.05, 4.69) is 25.2 Å². The molecule has 0 radical (unpaired) electrons. The van der Waals surface area contributed by atoms with Crippen LogP contribution in [0.15, 0.2) is 29.2 Å². The summed E-state index contributed by atoms with van der Waals surface area (Å²) in [5.41, 5.74) is -0.179. The van der Waals surface area contributed by atoms with Gasteiger partial charge < -0.3 is 10.4 Å². The van der Waals surface area contributed by atoms with Crippen LogP contribution in [0.1, 0.15) is 26.7 Å². The third-order valence-electron chi connectivity index (χ3n) is 2.87. The smallest absolute Gasteiger partial charge is 0.0610 e. The number of hydrogen-bond donors (Lipinski definition) is 2. The van der Waals surface area contributed by atoms with Gasteiger partial charge in [-0.15, -0.1) is 11.8 Å². The summed E-state index contributed by atoms with van der Waals surface area (Å²) in [6, 6.07) is 7.88. The van der Waals surface area contributed by atoms with E-state index in [4.69, 9.17) is 11.6 Å². The van der Waals surface area contributed by atoms with Crippen molar-refractivity contribution in [2.75, 3.05) is 18.9 Å². The van der Waals surface area contributed by atoms with Crippen molar-refractivity contribution in [3.63, 3.8) is 0 Å². The maximum absolute atomic E-state index is 9.46. The summed E-state index contributed by atoms with van der Waals surface area (Å²) in [5, 5.41) is 13.6. The van der Waals surface area contributed by atoms with Gasteiger partial charge in [-0.2, -0.15) is 0 Å². The number of halogens is 1. The molecule has 4 heteroatoms. The molecule has 0 aliphatic carbocycles. The van der Waals surface area contributed by atoms with Crippen LogP contribution in [0.25, 0.3) is 0 Å². The molecule has 0 saturated heterocycles. The van der Waals surface area contributed by atoms with Gasteiger partial charge in [0.25, 0.3) is 0 Å². The SMILES string of the molecule is CCCNC(C)(CO)CCSc1cccc(Cl)c1. The van der Waals surface area contributed by atoms with Crippen LogP contribution in [0, 0.1) is 0 Å². The first-order chi connectivity index (χ1) is 8.59. The Balaban J connectivity index is 2.39. The Hall–Kier alpha value is -0.220. The van der Waals surface area contributed by atoms with Gasteiger partial charge in [0.05, 0.1) is 6.61 Å². The highest BCUT2D eigenvalue weighted by Gasteiger charge is 2.21. The molecular weight excluding hydrogens is 266 g/mol. The largest absolute Gasteiger partial charge is 0.394 e. The summed E-state index contributed by atoms with van der Waals surface area (Å²) in [6.45, 7) is 5.31. The first-order valence-electron chi connectivity index (χ1n) is 6.34. The summed E-state index contributed by atoms with van der Waals surface area (Å²) >= 11 is 7.72. The van der Waals surface area contributed by atoms with Gasteiger partial charge in [-0.3, -0.25) is 0 Å². The lowest BCUT2D eigenvalue weighted by atomic mass is 10.0. The van der Waals surface area contributed by atoms with Crippen LogP contribution in [0.4, 0.5) is 0 Å². The van der Waals surface area contributed by atoms with E-state index in [9.17, 15) is 5.11 Å². The van der Waals surface area contributed by atoms with E-state index in [0.29, 0.717) is 0 Å². The summed E-state index contributed by atoms with van der Waals surface area (Å²) in [7, 11) is 0. The second-order valence-corrected chi connectivity index (χ2v) is 6.31. The van der Waals surface area contributed by atoms with Gasteiger partial charge in [0.2, 0.25) is 0 Å². The molecule has 1 rings (SSSR count). The van der Waals surface area contributed by atoms with Crippen LogP contribution in [0.2, 0.25) is 5.02 Å². The third kappa shape index (κ3) is 5.61. The zero-order valence-corrected chi connectivity index (χ0v) is 12.7. The van der Waals surface area contributed by atoms with Gasteiger partial charge >= 0.3 is 0 Å². The highest BCUT2D eigenvalue weighted by Crippen LogP contribution is 2.24. The molecule has 1 unspecified atom stereocenters. The lowest BCUT2D eigenvalue weighted by Gasteiger charge is -2.28. The summed E-state index contributed by atoms with van der Waals surface area (Å²) < 4.78 is 0. The number of aliphatic hydroxyl groups is 1. The highest BCUT2D eigenvalue weighted by atomic mass is 35.5. The monoisotopic (exact) mass is 287 g/mol. The predicted octanol–water partition coefficient (Wildman–Crippen LogP) is 3.57. The van der Waals surface area contributed by atoms with E-state index in [1.165, 1.54) is 4.90 Å². The number of rotatable bonds is 8. The standard InChI is InChI=1S/C14H22ClNOS/c1-3-8-16-14(2,11-17)7-9-18-13-6-4-5-12(15)10-13/h4-6,10,16-17H,3,7-9,11H2,1-2H3. The lowest BCUT2D eigenvalue weighted by Crippen LogP contribution is -2.46. The molecule has 1 aromatic carbocycles. The number of hydrogen-bond acceptors (Lipinski definition) is 3. The molecule has 102 valence electrons. The van der Waals surface area contributed by atoms with E-state index < -0.39 is 0 Å². The fourth-order valence-electron chi connectivity index (χ4n) is 1.60. The third-order valence-corrected chi connectivity index (χ3v) is 4.10. The van der Waals surface area contributed by atoms with Crippen molar-refractivity contribution in [1.82, 2.24) is 5.32 Å². The molecule has 0 aromatic heterocycles. The second-order valence-electron chi connectivity index (χ2n) is 4.70. The lowest BCUT2D eigenvalue weighted by molar-refractivity contribution is 0.171. The van der Waals surface area contributed by atoms with Crippen molar-refractivity contribution >= 4 is 23.4 Å². The Morgan fingerprint density at radius 1 is 1.44 bits per heavy atom. The van der Waals surface area contributed by atoms with Gasteiger partial charge in [0.15, 0.2) is 0 Å². The van der Waals surface area contributed by atoms with Gasteiger partial charge in [0, 0.05) is 15.5 Å². The molecule has 2 N–H and O–H groups in total. The number of nitrogens with one attached hydrogen (secondary N) is 1. The van der Waals surface area contributed by atoms with Crippen molar-refractivity contribution in [3.8, 4) is 0 Å². The summed E-state index contributed by atoms with van der Waals surface area (Å²) in [6.07, 6.45) is 2.01. The molecule has 18 heavy (non-hydrogen) atoms. The van der Waals surface area contributed by atoms with Gasteiger partial charge in [-0.25, -0.2) is 0 Å². The highest BCUT2D eigenvalue weighted by molar-refractivity contribution is 7.99. The van der Waals surface area contributed by atoms with Crippen LogP contribution in [-0.4, -0.2) is 29.5 Å². The molecule has 0 amide bonds. The maximum Gasteiger partial charge on any atom is 0.0610 e. The van der Waals surface area contributed by atoms with Crippen molar-refractivity contribution in [1.29, 1.82) is 0 Å². The minimum atomic E-state index is -0.179. The number of thioether (sulfide) groups is 1. The van der Waals surface area contributed by atoms with E-state index in [-0.39, 0.29) is 12.1 Å². The summed E-state index contributed by atoms with van der Waals surface area (Å²) in [4.78, 5) is 1.18. The van der Waals surface area contributed by atoms with Gasteiger partial charge in [-0.1, -0.05) is 24.6 Å². The van der Waals surface area contributed by atoms with Crippen LogP contribution >= 0.6 is 23.4 Å². The zero-order valence-electron chi connectivity index (χ0n) is 11.1. The van der Waals surface area contributed by atoms with Crippen LogP contribution in [0.5, 0.6) is 0 Å². The maximum atomic E-state index is 9.46. The van der Waals surface area contributed by atoms with Crippen molar-refractivity contribution in [2.24, 2.45) is 0 Å². The molecule has 0 aliphatic heterocycles. The van der Waals surface area contributed by atoms with Crippen molar-refractivity contribution in [2.45, 2.75) is 37.1 Å². The first kappa shape index (κ1) is 15.8. The fraction of sp³-hybridized carbons (Fsp3) is 0.571. The Labute approximate surface area is 119 Å². The fourth-order valence-corrected chi connectivity index (χ4v) is 3.03. The average molecular weight is 288 g/mol. The van der Waals surface area contributed by atoms with E-state index in [0.717, 1.165) is 30.2 Å². The molecule has 0 aliphatic rings. The molecule has 0 fully saturated rings. The van der Waals surface area contributed by atoms with E-state index in [1.807, 2.05) is 18.2 Å². The topological polar surface area (TPSA) is 32.3 Å². The second kappa shape index (κ2) is 8.05. The minimum absolute atomic E-state index is 0.170. The average Bonchev–Trinajstić information content (AvgIpc) is 2.36. The molecule has 2 nitrogen and oxygen atoms in total. The molecule has 0 spiro atoms. The first-order valence-corrected chi connectivity index (χ1v) is 7.70. The molecule has 0 saturated carbocycles. The van der Waals surface area contributed by atoms with E-state index in [1.54, 1.807) is 11.8 Å². The van der Waals surface area contributed by atoms with Crippen LogP contribution in [0.3, 0.4) is 0 Å². The molecular formula is C14H22ClNOS. The number of benzene rings is 1. The van der Waals surface area contributed by atoms with E-state index >= 15 is 0 Å². The quantitative estimate of drug-likeness (QED) is 0.717. The molecule has 1 atom stereocenters. The minimum Gasteiger partial charge on any atom is -0.394 e. The normalized spacial score (nSPS) is 14.4. The Bertz CT molecular complexity index is 361. The number of aliphatic hydroxyl groups excluding tert-OH is 1. The zero-order chi connectivity index (χ0) is 13.4. The Kier molecular flexibility index (Phi) is 7.08. The Morgan fingerprint density at radius 2 is 2.22 bits per heavy atom. The van der Waals surface area contributed by atoms with Crippen molar-refractivity contribution < 1.29 is 5.11 Å². The molecule has 0 heterocycles. The Morgan fingerprint density at radius 3 is 2.83 bits per heavy atom. The predicted molar refractivity (Wildman–Crippen MR) is 80.6 cm³/mol.